The summed E-state index contributed by atoms with van der Waals surface area (Å²) in [5, 5.41) is 0. The van der Waals surface area contributed by atoms with E-state index in [0.717, 1.165) is 0 Å². The van der Waals surface area contributed by atoms with E-state index in [2.05, 4.69) is 26.0 Å². The first-order valence-electron chi connectivity index (χ1n) is 7.30. The van der Waals surface area contributed by atoms with Gasteiger partial charge in [-0.1, -0.05) is 12.2 Å². The molecule has 2 aliphatic rings. The number of allylic oxidation sites excluding steroid dienone is 2. The van der Waals surface area contributed by atoms with Gasteiger partial charge in [0, 0.05) is 0 Å². The van der Waals surface area contributed by atoms with E-state index >= 15 is 0 Å². The highest BCUT2D eigenvalue weighted by Gasteiger charge is 2.18. The molecule has 0 bridgehead atoms. The molecule has 0 N–H and O–H groups in total. The molecule has 0 aromatic carbocycles. The van der Waals surface area contributed by atoms with Crippen LogP contribution in [0, 0.1) is 0 Å². The molecule has 0 spiro atoms. The largest absolute Gasteiger partial charge is 0.367 e. The van der Waals surface area contributed by atoms with Gasteiger partial charge in [0.2, 0.25) is 0 Å². The zero-order valence-corrected chi connectivity index (χ0v) is 11.4. The molecule has 0 saturated heterocycles. The summed E-state index contributed by atoms with van der Waals surface area (Å²) < 4.78 is 6.19. The number of rotatable bonds is 4. The monoisotopic (exact) mass is 234 g/mol. The fourth-order valence-corrected chi connectivity index (χ4v) is 2.95. The summed E-state index contributed by atoms with van der Waals surface area (Å²) in [5.41, 5.74) is 3.05. The maximum Gasteiger partial charge on any atom is 0.0764 e. The Hall–Kier alpha value is -0.560. The van der Waals surface area contributed by atoms with Crippen LogP contribution in [0.2, 0.25) is 0 Å². The van der Waals surface area contributed by atoms with Crippen molar-refractivity contribution in [3.63, 3.8) is 0 Å². The molecule has 17 heavy (non-hydrogen) atoms. The highest BCUT2D eigenvalue weighted by atomic mass is 16.5. The molecule has 2 rings (SSSR count). The van der Waals surface area contributed by atoms with Gasteiger partial charge < -0.3 is 4.74 Å². The third kappa shape index (κ3) is 3.70. The quantitative estimate of drug-likeness (QED) is 0.636. The standard InChI is InChI=1S/C16H26O/c1-13(15-9-5-3-6-10-15)17-14(2)16-11-7-4-8-12-16/h9,11,13-14H,3-8,10,12H2,1-2H3. The van der Waals surface area contributed by atoms with Crippen molar-refractivity contribution in [1.82, 2.24) is 0 Å². The Morgan fingerprint density at radius 2 is 1.29 bits per heavy atom. The zero-order chi connectivity index (χ0) is 12.1. The number of ether oxygens (including phenoxy) is 1. The second kappa shape index (κ2) is 6.39. The van der Waals surface area contributed by atoms with Gasteiger partial charge in [-0.2, -0.15) is 0 Å². The molecule has 1 heteroatoms. The molecule has 0 saturated carbocycles. The van der Waals surface area contributed by atoms with Gasteiger partial charge in [-0.15, -0.1) is 0 Å². The minimum absolute atomic E-state index is 0.313. The van der Waals surface area contributed by atoms with Gasteiger partial charge in [-0.3, -0.25) is 0 Å². The van der Waals surface area contributed by atoms with Crippen molar-refractivity contribution in [3.05, 3.63) is 23.3 Å². The maximum atomic E-state index is 6.19. The highest BCUT2D eigenvalue weighted by Crippen LogP contribution is 2.26. The Kier molecular flexibility index (Phi) is 4.85. The molecule has 0 fully saturated rings. The van der Waals surface area contributed by atoms with E-state index in [4.69, 9.17) is 4.74 Å². The summed E-state index contributed by atoms with van der Waals surface area (Å²) in [5.74, 6) is 0. The van der Waals surface area contributed by atoms with E-state index in [1.54, 1.807) is 0 Å². The lowest BCUT2D eigenvalue weighted by atomic mass is 9.94. The SMILES string of the molecule is CC(OC(C)C1=CCCCC1)C1=CCCCC1. The lowest BCUT2D eigenvalue weighted by Crippen LogP contribution is -2.22. The second-order valence-corrected chi connectivity index (χ2v) is 5.47. The molecule has 96 valence electrons. The van der Waals surface area contributed by atoms with Crippen LogP contribution in [0.25, 0.3) is 0 Å². The van der Waals surface area contributed by atoms with E-state index in [0.29, 0.717) is 12.2 Å². The third-order valence-electron chi connectivity index (χ3n) is 4.10. The molecule has 0 heterocycles. The van der Waals surface area contributed by atoms with Gasteiger partial charge in [0.15, 0.2) is 0 Å². The molecular formula is C16H26O. The summed E-state index contributed by atoms with van der Waals surface area (Å²) >= 11 is 0. The maximum absolute atomic E-state index is 6.19. The van der Waals surface area contributed by atoms with E-state index in [9.17, 15) is 0 Å². The van der Waals surface area contributed by atoms with Crippen LogP contribution in [0.3, 0.4) is 0 Å². The van der Waals surface area contributed by atoms with Crippen LogP contribution < -0.4 is 0 Å². The van der Waals surface area contributed by atoms with Crippen molar-refractivity contribution in [3.8, 4) is 0 Å². The lowest BCUT2D eigenvalue weighted by Gasteiger charge is -2.26. The Labute approximate surface area is 106 Å². The van der Waals surface area contributed by atoms with E-state index in [1.165, 1.54) is 62.5 Å². The highest BCUT2D eigenvalue weighted by molar-refractivity contribution is 5.13. The van der Waals surface area contributed by atoms with Crippen molar-refractivity contribution >= 4 is 0 Å². The molecule has 2 atom stereocenters. The summed E-state index contributed by atoms with van der Waals surface area (Å²) in [6, 6.07) is 0. The van der Waals surface area contributed by atoms with Crippen molar-refractivity contribution in [1.29, 1.82) is 0 Å². The lowest BCUT2D eigenvalue weighted by molar-refractivity contribution is 0.0440. The molecule has 0 aromatic heterocycles. The van der Waals surface area contributed by atoms with Crippen LogP contribution in [0.15, 0.2) is 23.3 Å². The van der Waals surface area contributed by atoms with Gasteiger partial charge in [0.25, 0.3) is 0 Å². The number of hydrogen-bond donors (Lipinski definition) is 0. The molecule has 1 nitrogen and oxygen atoms in total. The second-order valence-electron chi connectivity index (χ2n) is 5.47. The molecule has 0 radical (unpaired) electrons. The van der Waals surface area contributed by atoms with Crippen LogP contribution in [-0.4, -0.2) is 12.2 Å². The van der Waals surface area contributed by atoms with Crippen LogP contribution in [0.4, 0.5) is 0 Å². The Balaban J connectivity index is 1.86. The average Bonchev–Trinajstić information content (AvgIpc) is 2.40. The zero-order valence-electron chi connectivity index (χ0n) is 11.4. The summed E-state index contributed by atoms with van der Waals surface area (Å²) in [7, 11) is 0. The fraction of sp³-hybridized carbons (Fsp3) is 0.750. The number of hydrogen-bond acceptors (Lipinski definition) is 1. The van der Waals surface area contributed by atoms with E-state index in [-0.39, 0.29) is 0 Å². The van der Waals surface area contributed by atoms with Gasteiger partial charge in [-0.25, -0.2) is 0 Å². The summed E-state index contributed by atoms with van der Waals surface area (Å²) in [6.45, 7) is 4.44. The minimum Gasteiger partial charge on any atom is -0.367 e. The van der Waals surface area contributed by atoms with Crippen molar-refractivity contribution in [2.75, 3.05) is 0 Å². The molecular weight excluding hydrogens is 208 g/mol. The third-order valence-corrected chi connectivity index (χ3v) is 4.10. The Morgan fingerprint density at radius 1 is 0.824 bits per heavy atom. The first-order chi connectivity index (χ1) is 8.27. The van der Waals surface area contributed by atoms with Gasteiger partial charge in [0.05, 0.1) is 12.2 Å². The van der Waals surface area contributed by atoms with Crippen LogP contribution >= 0.6 is 0 Å². The molecule has 2 unspecified atom stereocenters. The molecule has 0 amide bonds. The smallest absolute Gasteiger partial charge is 0.0764 e. The van der Waals surface area contributed by atoms with E-state index in [1.807, 2.05) is 0 Å². The van der Waals surface area contributed by atoms with Gasteiger partial charge in [-0.05, 0) is 76.4 Å². The van der Waals surface area contributed by atoms with Crippen LogP contribution in [0.1, 0.15) is 65.2 Å². The average molecular weight is 234 g/mol. The fourth-order valence-electron chi connectivity index (χ4n) is 2.95. The topological polar surface area (TPSA) is 9.23 Å². The van der Waals surface area contributed by atoms with Gasteiger partial charge in [0.1, 0.15) is 0 Å². The Morgan fingerprint density at radius 3 is 1.65 bits per heavy atom. The van der Waals surface area contributed by atoms with Crippen LogP contribution in [-0.2, 0) is 4.74 Å². The normalized spacial score (nSPS) is 24.8. The minimum atomic E-state index is 0.313. The molecule has 2 aliphatic carbocycles. The van der Waals surface area contributed by atoms with Gasteiger partial charge >= 0.3 is 0 Å². The van der Waals surface area contributed by atoms with Crippen molar-refractivity contribution in [2.45, 2.75) is 77.4 Å². The summed E-state index contributed by atoms with van der Waals surface area (Å²) in [6.07, 6.45) is 15.8. The molecule has 0 aliphatic heterocycles. The predicted molar refractivity (Wildman–Crippen MR) is 73.1 cm³/mol. The van der Waals surface area contributed by atoms with Crippen LogP contribution in [0.5, 0.6) is 0 Å². The first kappa shape index (κ1) is 12.9. The summed E-state index contributed by atoms with van der Waals surface area (Å²) in [4.78, 5) is 0. The van der Waals surface area contributed by atoms with Crippen molar-refractivity contribution in [2.24, 2.45) is 0 Å². The van der Waals surface area contributed by atoms with E-state index < -0.39 is 0 Å². The van der Waals surface area contributed by atoms with Crippen molar-refractivity contribution < 1.29 is 4.74 Å². The molecule has 0 aromatic rings. The predicted octanol–water partition coefficient (Wildman–Crippen LogP) is 4.78. The Bertz CT molecular complexity index is 271. The first-order valence-corrected chi connectivity index (χ1v) is 7.30.